The summed E-state index contributed by atoms with van der Waals surface area (Å²) >= 11 is 7.21. The van der Waals surface area contributed by atoms with Crippen LogP contribution in [0.25, 0.3) is 20.8 Å². The molecule has 6 nitrogen and oxygen atoms in total. The second kappa shape index (κ2) is 6.85. The van der Waals surface area contributed by atoms with Crippen molar-refractivity contribution >= 4 is 50.9 Å². The number of esters is 1. The highest BCUT2D eigenvalue weighted by Gasteiger charge is 2.29. The maximum absolute atomic E-state index is 12.2. The number of nitrogens with one attached hydrogen (secondary N) is 1. The van der Waals surface area contributed by atoms with E-state index in [0.29, 0.717) is 16.3 Å². The number of amides is 1. The number of alkyl halides is 1. The normalized spacial score (nSPS) is 12.2. The SMILES string of the molecule is COC(=O)c1c(C)oc(NC(=O)C(C)Cl)c1-c1nc2ccccc2s1. The number of aryl methyl sites for hydroxylation is 1. The Balaban J connectivity index is 2.20. The van der Waals surface area contributed by atoms with Gasteiger partial charge in [0.25, 0.3) is 0 Å². The van der Waals surface area contributed by atoms with Gasteiger partial charge in [0.05, 0.1) is 22.9 Å². The molecular weight excluding hydrogens is 364 g/mol. The number of rotatable bonds is 4. The molecule has 25 heavy (non-hydrogen) atoms. The Morgan fingerprint density at radius 1 is 1.36 bits per heavy atom. The third kappa shape index (κ3) is 3.25. The summed E-state index contributed by atoms with van der Waals surface area (Å²) in [5.41, 5.74) is 1.43. The Labute approximate surface area is 152 Å². The molecule has 0 spiro atoms. The molecule has 0 radical (unpaired) electrons. The summed E-state index contributed by atoms with van der Waals surface area (Å²) in [5, 5.41) is 2.41. The van der Waals surface area contributed by atoms with Gasteiger partial charge in [0, 0.05) is 0 Å². The lowest BCUT2D eigenvalue weighted by atomic mass is 10.1. The Hall–Kier alpha value is -2.38. The van der Waals surface area contributed by atoms with E-state index in [1.54, 1.807) is 13.8 Å². The van der Waals surface area contributed by atoms with Crippen LogP contribution in [-0.2, 0) is 9.53 Å². The van der Waals surface area contributed by atoms with Crippen LogP contribution in [0.5, 0.6) is 0 Å². The van der Waals surface area contributed by atoms with E-state index in [1.165, 1.54) is 18.4 Å². The second-order valence-electron chi connectivity index (χ2n) is 5.32. The molecule has 0 saturated carbocycles. The van der Waals surface area contributed by atoms with E-state index in [1.807, 2.05) is 24.3 Å². The van der Waals surface area contributed by atoms with Crippen LogP contribution < -0.4 is 5.32 Å². The Kier molecular flexibility index (Phi) is 4.78. The van der Waals surface area contributed by atoms with Crippen molar-refractivity contribution in [3.05, 3.63) is 35.6 Å². The molecule has 3 aromatic rings. The fourth-order valence-electron chi connectivity index (χ4n) is 2.38. The summed E-state index contributed by atoms with van der Waals surface area (Å²) < 4.78 is 11.4. The molecular formula is C17H15ClN2O4S. The van der Waals surface area contributed by atoms with Gasteiger partial charge in [-0.3, -0.25) is 10.1 Å². The molecule has 1 N–H and O–H groups in total. The molecule has 0 aliphatic rings. The molecule has 0 aliphatic heterocycles. The number of carbonyl (C=O) groups excluding carboxylic acids is 2. The lowest BCUT2D eigenvalue weighted by Crippen LogP contribution is -2.20. The summed E-state index contributed by atoms with van der Waals surface area (Å²) in [4.78, 5) is 28.8. The zero-order valence-corrected chi connectivity index (χ0v) is 15.3. The van der Waals surface area contributed by atoms with Crippen LogP contribution in [0.2, 0.25) is 0 Å². The number of hydrogen-bond acceptors (Lipinski definition) is 6. The molecule has 8 heteroatoms. The molecule has 0 aliphatic carbocycles. The maximum Gasteiger partial charge on any atom is 0.342 e. The molecule has 2 aromatic heterocycles. The number of aromatic nitrogens is 1. The molecule has 0 saturated heterocycles. The van der Waals surface area contributed by atoms with Gasteiger partial charge in [-0.2, -0.15) is 0 Å². The van der Waals surface area contributed by atoms with Gasteiger partial charge >= 0.3 is 5.97 Å². The van der Waals surface area contributed by atoms with Crippen molar-refractivity contribution in [2.75, 3.05) is 12.4 Å². The zero-order chi connectivity index (χ0) is 18.1. The van der Waals surface area contributed by atoms with Crippen LogP contribution in [0.3, 0.4) is 0 Å². The Bertz CT molecular complexity index is 928. The van der Waals surface area contributed by atoms with Crippen LogP contribution >= 0.6 is 22.9 Å². The summed E-state index contributed by atoms with van der Waals surface area (Å²) in [6.45, 7) is 3.17. The molecule has 0 bridgehead atoms. The summed E-state index contributed by atoms with van der Waals surface area (Å²) in [7, 11) is 1.29. The fraction of sp³-hybridized carbons (Fsp3) is 0.235. The molecule has 1 aromatic carbocycles. The third-order valence-electron chi connectivity index (χ3n) is 3.58. The predicted molar refractivity (Wildman–Crippen MR) is 97.3 cm³/mol. The van der Waals surface area contributed by atoms with Gasteiger partial charge in [-0.05, 0) is 26.0 Å². The maximum atomic E-state index is 12.2. The van der Waals surface area contributed by atoms with Crippen molar-refractivity contribution < 1.29 is 18.7 Å². The zero-order valence-electron chi connectivity index (χ0n) is 13.8. The first-order chi connectivity index (χ1) is 11.9. The molecule has 130 valence electrons. The third-order valence-corrected chi connectivity index (χ3v) is 4.83. The van der Waals surface area contributed by atoms with E-state index in [2.05, 4.69) is 10.3 Å². The first-order valence-electron chi connectivity index (χ1n) is 7.45. The number of carbonyl (C=O) groups is 2. The number of methoxy groups -OCH3 is 1. The highest BCUT2D eigenvalue weighted by Crippen LogP contribution is 2.40. The van der Waals surface area contributed by atoms with Gasteiger partial charge in [-0.1, -0.05) is 12.1 Å². The van der Waals surface area contributed by atoms with E-state index >= 15 is 0 Å². The number of furan rings is 1. The number of thiazole rings is 1. The number of hydrogen-bond donors (Lipinski definition) is 1. The van der Waals surface area contributed by atoms with E-state index in [4.69, 9.17) is 20.8 Å². The van der Waals surface area contributed by atoms with Gasteiger partial charge in [-0.15, -0.1) is 22.9 Å². The largest absolute Gasteiger partial charge is 0.465 e. The number of fused-ring (bicyclic) bond motifs is 1. The molecule has 1 atom stereocenters. The summed E-state index contributed by atoms with van der Waals surface area (Å²) in [6, 6.07) is 7.59. The molecule has 0 fully saturated rings. The number of benzene rings is 1. The first-order valence-corrected chi connectivity index (χ1v) is 8.70. The van der Waals surface area contributed by atoms with Crippen molar-refractivity contribution in [1.82, 2.24) is 4.98 Å². The predicted octanol–water partition coefficient (Wildman–Crippen LogP) is 4.22. The van der Waals surface area contributed by atoms with Crippen LogP contribution in [0.1, 0.15) is 23.0 Å². The minimum Gasteiger partial charge on any atom is -0.465 e. The van der Waals surface area contributed by atoms with Crippen molar-refractivity contribution in [2.45, 2.75) is 19.2 Å². The van der Waals surface area contributed by atoms with Crippen LogP contribution in [0.4, 0.5) is 5.88 Å². The van der Waals surface area contributed by atoms with E-state index in [9.17, 15) is 9.59 Å². The van der Waals surface area contributed by atoms with Crippen LogP contribution in [-0.4, -0.2) is 29.3 Å². The topological polar surface area (TPSA) is 81.4 Å². The number of para-hydroxylation sites is 1. The van der Waals surface area contributed by atoms with Crippen molar-refractivity contribution in [3.63, 3.8) is 0 Å². The molecule has 1 unspecified atom stereocenters. The summed E-state index contributed by atoms with van der Waals surface area (Å²) in [5.74, 6) is -0.530. The van der Waals surface area contributed by atoms with Gasteiger partial charge in [0.15, 0.2) is 0 Å². The number of ether oxygens (including phenoxy) is 1. The Morgan fingerprint density at radius 3 is 2.72 bits per heavy atom. The lowest BCUT2D eigenvalue weighted by molar-refractivity contribution is -0.115. The number of nitrogens with zero attached hydrogens (tertiary/aromatic N) is 1. The second-order valence-corrected chi connectivity index (χ2v) is 7.01. The minimum absolute atomic E-state index is 0.134. The molecule has 3 rings (SSSR count). The van der Waals surface area contributed by atoms with E-state index in [-0.39, 0.29) is 11.4 Å². The van der Waals surface area contributed by atoms with Gasteiger partial charge in [0.1, 0.15) is 21.7 Å². The van der Waals surface area contributed by atoms with E-state index in [0.717, 1.165) is 10.2 Å². The fourth-order valence-corrected chi connectivity index (χ4v) is 3.44. The quantitative estimate of drug-likeness (QED) is 0.543. The van der Waals surface area contributed by atoms with E-state index < -0.39 is 17.3 Å². The van der Waals surface area contributed by atoms with Gasteiger partial charge in [0.2, 0.25) is 11.8 Å². The standard InChI is InChI=1S/C17H15ClN2O4S/c1-8(18)14(21)20-15-13(12(9(2)24-15)17(22)23-3)16-19-10-6-4-5-7-11(10)25-16/h4-8H,1-3H3,(H,20,21). The number of halogens is 1. The lowest BCUT2D eigenvalue weighted by Gasteiger charge is -2.05. The Morgan fingerprint density at radius 2 is 2.08 bits per heavy atom. The van der Waals surface area contributed by atoms with Crippen molar-refractivity contribution in [3.8, 4) is 10.6 Å². The average molecular weight is 379 g/mol. The van der Waals surface area contributed by atoms with Gasteiger partial charge in [-0.25, -0.2) is 9.78 Å². The van der Waals surface area contributed by atoms with Crippen molar-refractivity contribution in [2.24, 2.45) is 0 Å². The summed E-state index contributed by atoms with van der Waals surface area (Å²) in [6.07, 6.45) is 0. The molecule has 1 amide bonds. The van der Waals surface area contributed by atoms with Gasteiger partial charge < -0.3 is 9.15 Å². The minimum atomic E-state index is -0.754. The highest BCUT2D eigenvalue weighted by molar-refractivity contribution is 7.21. The number of anilines is 1. The van der Waals surface area contributed by atoms with Crippen LogP contribution in [0, 0.1) is 6.92 Å². The van der Waals surface area contributed by atoms with Crippen molar-refractivity contribution in [1.29, 1.82) is 0 Å². The average Bonchev–Trinajstić information content (AvgIpc) is 3.14. The first kappa shape index (κ1) is 17.4. The smallest absolute Gasteiger partial charge is 0.342 e. The highest BCUT2D eigenvalue weighted by atomic mass is 35.5. The molecule has 2 heterocycles. The van der Waals surface area contributed by atoms with Crippen LogP contribution in [0.15, 0.2) is 28.7 Å². The monoisotopic (exact) mass is 378 g/mol.